The molecule has 4 nitrogen and oxygen atoms in total. The SMILES string of the molecule is Cc1cc(OCCC(C)C)cc(C)c1C=NNc1nc(-c2ccccc2)cs1. The Morgan fingerprint density at radius 2 is 1.86 bits per heavy atom. The summed E-state index contributed by atoms with van der Waals surface area (Å²) in [4.78, 5) is 4.59. The number of aryl methyl sites for hydroxylation is 2. The molecule has 0 amide bonds. The molecule has 0 aliphatic carbocycles. The first kappa shape index (κ1) is 20.1. The normalized spacial score (nSPS) is 11.3. The Balaban J connectivity index is 1.63. The van der Waals surface area contributed by atoms with Crippen LogP contribution in [-0.2, 0) is 0 Å². The fourth-order valence-electron chi connectivity index (χ4n) is 2.85. The predicted octanol–water partition coefficient (Wildman–Crippen LogP) is 6.30. The van der Waals surface area contributed by atoms with Crippen LogP contribution in [0.25, 0.3) is 11.3 Å². The zero-order valence-corrected chi connectivity index (χ0v) is 17.7. The molecule has 0 unspecified atom stereocenters. The van der Waals surface area contributed by atoms with E-state index in [2.05, 4.69) is 67.5 Å². The molecule has 28 heavy (non-hydrogen) atoms. The number of nitrogens with one attached hydrogen (secondary N) is 1. The van der Waals surface area contributed by atoms with Crippen molar-refractivity contribution < 1.29 is 4.74 Å². The van der Waals surface area contributed by atoms with Crippen LogP contribution in [0.2, 0.25) is 0 Å². The van der Waals surface area contributed by atoms with Crippen LogP contribution in [0.1, 0.15) is 37.0 Å². The third kappa shape index (κ3) is 5.42. The average Bonchev–Trinajstić information content (AvgIpc) is 3.13. The summed E-state index contributed by atoms with van der Waals surface area (Å²) in [7, 11) is 0. The maximum absolute atomic E-state index is 5.88. The van der Waals surface area contributed by atoms with Crippen LogP contribution in [0.4, 0.5) is 5.13 Å². The van der Waals surface area contributed by atoms with Gasteiger partial charge in [-0.1, -0.05) is 44.2 Å². The van der Waals surface area contributed by atoms with Gasteiger partial charge in [0, 0.05) is 16.5 Å². The van der Waals surface area contributed by atoms with Crippen molar-refractivity contribution in [2.45, 2.75) is 34.1 Å². The van der Waals surface area contributed by atoms with Crippen molar-refractivity contribution >= 4 is 22.7 Å². The second-order valence-corrected chi connectivity index (χ2v) is 8.13. The number of nitrogens with zero attached hydrogens (tertiary/aromatic N) is 2. The van der Waals surface area contributed by atoms with Gasteiger partial charge in [0.1, 0.15) is 5.75 Å². The molecule has 0 radical (unpaired) electrons. The standard InChI is InChI=1S/C23H27N3OS/c1-16(2)10-11-27-20-12-17(3)21(18(4)13-20)14-24-26-23-25-22(15-28-23)19-8-6-5-7-9-19/h5-9,12-16H,10-11H2,1-4H3,(H,25,26). The number of hydrogen-bond acceptors (Lipinski definition) is 5. The van der Waals surface area contributed by atoms with E-state index in [4.69, 9.17) is 4.74 Å². The molecule has 3 rings (SSSR count). The van der Waals surface area contributed by atoms with E-state index in [0.717, 1.165) is 51.9 Å². The Bertz CT molecular complexity index is 909. The summed E-state index contributed by atoms with van der Waals surface area (Å²) in [6, 6.07) is 14.3. The molecule has 146 valence electrons. The molecule has 3 aromatic rings. The summed E-state index contributed by atoms with van der Waals surface area (Å²) < 4.78 is 5.88. The van der Waals surface area contributed by atoms with Gasteiger partial charge in [0.15, 0.2) is 0 Å². The van der Waals surface area contributed by atoms with E-state index in [0.29, 0.717) is 5.92 Å². The number of aromatic nitrogens is 1. The number of benzene rings is 2. The van der Waals surface area contributed by atoms with Crippen LogP contribution in [0, 0.1) is 19.8 Å². The Morgan fingerprint density at radius 3 is 2.54 bits per heavy atom. The molecule has 1 heterocycles. The topological polar surface area (TPSA) is 46.5 Å². The lowest BCUT2D eigenvalue weighted by Crippen LogP contribution is -2.03. The molecule has 0 saturated carbocycles. The van der Waals surface area contributed by atoms with Crippen LogP contribution < -0.4 is 10.2 Å². The van der Waals surface area contributed by atoms with Gasteiger partial charge >= 0.3 is 0 Å². The molecule has 0 bridgehead atoms. The zero-order chi connectivity index (χ0) is 19.9. The van der Waals surface area contributed by atoms with E-state index in [1.807, 2.05) is 29.8 Å². The van der Waals surface area contributed by atoms with E-state index >= 15 is 0 Å². The van der Waals surface area contributed by atoms with Crippen molar-refractivity contribution in [3.63, 3.8) is 0 Å². The maximum atomic E-state index is 5.88. The lowest BCUT2D eigenvalue weighted by molar-refractivity contribution is 0.289. The van der Waals surface area contributed by atoms with Crippen LogP contribution in [0.3, 0.4) is 0 Å². The van der Waals surface area contributed by atoms with Gasteiger partial charge in [0.2, 0.25) is 5.13 Å². The lowest BCUT2D eigenvalue weighted by Gasteiger charge is -2.12. The van der Waals surface area contributed by atoms with Crippen molar-refractivity contribution in [1.29, 1.82) is 0 Å². The first-order chi connectivity index (χ1) is 13.5. The van der Waals surface area contributed by atoms with Gasteiger partial charge in [-0.3, -0.25) is 5.43 Å². The van der Waals surface area contributed by atoms with Gasteiger partial charge in [-0.2, -0.15) is 5.10 Å². The molecule has 1 N–H and O–H groups in total. The lowest BCUT2D eigenvalue weighted by atomic mass is 10.0. The highest BCUT2D eigenvalue weighted by molar-refractivity contribution is 7.14. The van der Waals surface area contributed by atoms with Gasteiger partial charge in [-0.15, -0.1) is 11.3 Å². The molecule has 1 aromatic heterocycles. The monoisotopic (exact) mass is 393 g/mol. The number of hydrazone groups is 1. The highest BCUT2D eigenvalue weighted by atomic mass is 32.1. The summed E-state index contributed by atoms with van der Waals surface area (Å²) in [6.07, 6.45) is 2.91. The molecule has 0 saturated heterocycles. The summed E-state index contributed by atoms with van der Waals surface area (Å²) in [5.41, 5.74) is 8.50. The number of hydrogen-bond donors (Lipinski definition) is 1. The van der Waals surface area contributed by atoms with Crippen LogP contribution in [-0.4, -0.2) is 17.8 Å². The number of thiazole rings is 1. The number of ether oxygens (including phenoxy) is 1. The minimum absolute atomic E-state index is 0.646. The first-order valence-electron chi connectivity index (χ1n) is 9.57. The highest BCUT2D eigenvalue weighted by Gasteiger charge is 2.06. The van der Waals surface area contributed by atoms with Gasteiger partial charge in [0.25, 0.3) is 0 Å². The fourth-order valence-corrected chi connectivity index (χ4v) is 3.52. The van der Waals surface area contributed by atoms with Gasteiger partial charge < -0.3 is 4.74 Å². The Labute approximate surface area is 171 Å². The van der Waals surface area contributed by atoms with Gasteiger partial charge in [0.05, 0.1) is 18.5 Å². The average molecular weight is 394 g/mol. The maximum Gasteiger partial charge on any atom is 0.203 e. The minimum Gasteiger partial charge on any atom is -0.494 e. The van der Waals surface area contributed by atoms with Crippen molar-refractivity contribution in [2.75, 3.05) is 12.0 Å². The summed E-state index contributed by atoms with van der Waals surface area (Å²) in [5.74, 6) is 1.57. The summed E-state index contributed by atoms with van der Waals surface area (Å²) in [5, 5.41) is 7.20. The van der Waals surface area contributed by atoms with Crippen LogP contribution in [0.5, 0.6) is 5.75 Å². The summed E-state index contributed by atoms with van der Waals surface area (Å²) >= 11 is 1.55. The van der Waals surface area contributed by atoms with Crippen molar-refractivity contribution in [3.05, 3.63) is 64.5 Å². The number of anilines is 1. The molecular weight excluding hydrogens is 366 g/mol. The minimum atomic E-state index is 0.646. The third-order valence-electron chi connectivity index (χ3n) is 4.46. The summed E-state index contributed by atoms with van der Waals surface area (Å²) in [6.45, 7) is 9.33. The molecule has 0 aliphatic rings. The second-order valence-electron chi connectivity index (χ2n) is 7.28. The van der Waals surface area contributed by atoms with Crippen LogP contribution >= 0.6 is 11.3 Å². The Hall–Kier alpha value is -2.66. The Kier molecular flexibility index (Phi) is 6.82. The Morgan fingerprint density at radius 1 is 1.14 bits per heavy atom. The van der Waals surface area contributed by atoms with E-state index in [1.54, 1.807) is 11.3 Å². The van der Waals surface area contributed by atoms with E-state index < -0.39 is 0 Å². The van der Waals surface area contributed by atoms with E-state index in [-0.39, 0.29) is 0 Å². The van der Waals surface area contributed by atoms with E-state index in [9.17, 15) is 0 Å². The molecule has 0 aliphatic heterocycles. The van der Waals surface area contributed by atoms with Crippen molar-refractivity contribution in [3.8, 4) is 17.0 Å². The van der Waals surface area contributed by atoms with Crippen molar-refractivity contribution in [1.82, 2.24) is 4.98 Å². The fraction of sp³-hybridized carbons (Fsp3) is 0.304. The molecular formula is C23H27N3OS. The highest BCUT2D eigenvalue weighted by Crippen LogP contribution is 2.25. The first-order valence-corrected chi connectivity index (χ1v) is 10.4. The smallest absolute Gasteiger partial charge is 0.203 e. The van der Waals surface area contributed by atoms with Crippen LogP contribution in [0.15, 0.2) is 52.9 Å². The van der Waals surface area contributed by atoms with Gasteiger partial charge in [-0.25, -0.2) is 4.98 Å². The quantitative estimate of drug-likeness (QED) is 0.361. The number of rotatable bonds is 8. The molecule has 5 heteroatoms. The van der Waals surface area contributed by atoms with E-state index in [1.165, 1.54) is 0 Å². The second kappa shape index (κ2) is 9.51. The largest absolute Gasteiger partial charge is 0.494 e. The predicted molar refractivity (Wildman–Crippen MR) is 120 cm³/mol. The zero-order valence-electron chi connectivity index (χ0n) is 16.9. The molecule has 0 atom stereocenters. The third-order valence-corrected chi connectivity index (χ3v) is 5.21. The van der Waals surface area contributed by atoms with Gasteiger partial charge in [-0.05, 0) is 49.4 Å². The molecule has 2 aromatic carbocycles. The molecule has 0 spiro atoms. The molecule has 0 fully saturated rings. The van der Waals surface area contributed by atoms with Crippen molar-refractivity contribution in [2.24, 2.45) is 11.0 Å².